The molecule has 2 bridgehead atoms. The van der Waals surface area contributed by atoms with Crippen LogP contribution in [0.15, 0.2) is 47.6 Å². The topological polar surface area (TPSA) is 100 Å². The molecule has 12 heteroatoms. The summed E-state index contributed by atoms with van der Waals surface area (Å²) >= 11 is 6.29. The van der Waals surface area contributed by atoms with Crippen LogP contribution in [-0.2, 0) is 20.0 Å². The maximum Gasteiger partial charge on any atom is 0.245 e. The molecule has 2 aromatic rings. The summed E-state index contributed by atoms with van der Waals surface area (Å²) in [4.78, 5) is 6.79. The zero-order valence-corrected chi connectivity index (χ0v) is 25.8. The van der Waals surface area contributed by atoms with Crippen molar-refractivity contribution in [3.05, 3.63) is 53.3 Å². The molecule has 0 aliphatic carbocycles. The van der Waals surface area contributed by atoms with Crippen LogP contribution in [0.4, 0.5) is 0 Å². The lowest BCUT2D eigenvalue weighted by atomic mass is 9.95. The highest BCUT2D eigenvalue weighted by Gasteiger charge is 2.49. The van der Waals surface area contributed by atoms with Crippen LogP contribution in [0.1, 0.15) is 56.9 Å². The zero-order valence-electron chi connectivity index (χ0n) is 23.4. The molecule has 4 aliphatic heterocycles. The molecule has 0 amide bonds. The average Bonchev–Trinajstić information content (AvgIpc) is 3.46. The third-order valence-electron chi connectivity index (χ3n) is 9.34. The van der Waals surface area contributed by atoms with Crippen molar-refractivity contribution in [2.24, 2.45) is 0 Å². The van der Waals surface area contributed by atoms with Gasteiger partial charge in [0.15, 0.2) is 0 Å². The second-order valence-electron chi connectivity index (χ2n) is 12.0. The summed E-state index contributed by atoms with van der Waals surface area (Å²) in [6.07, 6.45) is 10.3. The van der Waals surface area contributed by atoms with Crippen LogP contribution in [0.3, 0.4) is 0 Å². The SMILES string of the molecule is Cc1cccc(Cl)c1S(=O)(=O)N1CCC[C@H]1CCCS(=O)(=O)N1CC(N2C3CCC2CC(Oc2ccncc2)C3)C1. The molecule has 0 saturated carbocycles. The number of halogens is 1. The molecule has 0 radical (unpaired) electrons. The van der Waals surface area contributed by atoms with E-state index in [1.807, 2.05) is 12.1 Å². The van der Waals surface area contributed by atoms with Crippen molar-refractivity contribution in [2.45, 2.75) is 93.5 Å². The van der Waals surface area contributed by atoms with Gasteiger partial charge in [0.2, 0.25) is 20.0 Å². The minimum atomic E-state index is -3.75. The summed E-state index contributed by atoms with van der Waals surface area (Å²) in [5, 5.41) is 0.226. The molecule has 9 nitrogen and oxygen atoms in total. The molecule has 41 heavy (non-hydrogen) atoms. The van der Waals surface area contributed by atoms with Gasteiger partial charge in [0.1, 0.15) is 16.7 Å². The Kier molecular flexibility index (Phi) is 8.39. The van der Waals surface area contributed by atoms with Crippen molar-refractivity contribution >= 4 is 31.6 Å². The first-order valence-electron chi connectivity index (χ1n) is 14.7. The van der Waals surface area contributed by atoms with E-state index < -0.39 is 20.0 Å². The summed E-state index contributed by atoms with van der Waals surface area (Å²) in [6, 6.07) is 9.82. The number of hydrogen-bond acceptors (Lipinski definition) is 7. The van der Waals surface area contributed by atoms with Crippen molar-refractivity contribution in [1.82, 2.24) is 18.5 Å². The number of aromatic nitrogens is 1. The average molecular weight is 623 g/mol. The highest BCUT2D eigenvalue weighted by molar-refractivity contribution is 7.89. The molecule has 4 saturated heterocycles. The molecular formula is C29H39ClN4O5S2. The van der Waals surface area contributed by atoms with Gasteiger partial charge in [-0.2, -0.15) is 8.61 Å². The second kappa shape index (κ2) is 11.7. The number of benzene rings is 1. The lowest BCUT2D eigenvalue weighted by Crippen LogP contribution is -2.65. The zero-order chi connectivity index (χ0) is 28.8. The summed E-state index contributed by atoms with van der Waals surface area (Å²) in [5.74, 6) is 0.903. The van der Waals surface area contributed by atoms with Gasteiger partial charge in [0.25, 0.3) is 0 Å². The Balaban J connectivity index is 0.996. The summed E-state index contributed by atoms with van der Waals surface area (Å²) in [7, 11) is -7.13. The van der Waals surface area contributed by atoms with Crippen LogP contribution in [0.2, 0.25) is 5.02 Å². The summed E-state index contributed by atoms with van der Waals surface area (Å²) in [5.41, 5.74) is 0.622. The predicted octanol–water partition coefficient (Wildman–Crippen LogP) is 4.07. The largest absolute Gasteiger partial charge is 0.490 e. The highest BCUT2D eigenvalue weighted by atomic mass is 35.5. The molecule has 2 unspecified atom stereocenters. The monoisotopic (exact) mass is 622 g/mol. The Morgan fingerprint density at radius 1 is 0.976 bits per heavy atom. The van der Waals surface area contributed by atoms with E-state index in [-0.39, 0.29) is 33.9 Å². The van der Waals surface area contributed by atoms with Crippen molar-refractivity contribution in [1.29, 1.82) is 0 Å². The third kappa shape index (κ3) is 5.90. The molecule has 224 valence electrons. The van der Waals surface area contributed by atoms with Crippen LogP contribution < -0.4 is 4.74 Å². The van der Waals surface area contributed by atoms with Crippen molar-refractivity contribution < 1.29 is 21.6 Å². The Hall–Kier alpha value is -1.76. The molecule has 1 aromatic heterocycles. The molecule has 0 spiro atoms. The number of nitrogens with zero attached hydrogens (tertiary/aromatic N) is 4. The van der Waals surface area contributed by atoms with E-state index in [1.54, 1.807) is 41.8 Å². The number of ether oxygens (including phenoxy) is 1. The summed E-state index contributed by atoms with van der Waals surface area (Å²) < 4.78 is 62.6. The van der Waals surface area contributed by atoms with Gasteiger partial charge in [-0.1, -0.05) is 23.7 Å². The molecule has 5 heterocycles. The number of piperidine rings is 1. The molecule has 6 rings (SSSR count). The molecule has 4 aliphatic rings. The Labute approximate surface area is 248 Å². The number of rotatable bonds is 10. The van der Waals surface area contributed by atoms with E-state index in [2.05, 4.69) is 9.88 Å². The number of aryl methyl sites for hydroxylation is 1. The van der Waals surface area contributed by atoms with Gasteiger partial charge in [0.05, 0.1) is 10.8 Å². The van der Waals surface area contributed by atoms with Crippen LogP contribution >= 0.6 is 11.6 Å². The fourth-order valence-corrected chi connectivity index (χ4v) is 11.5. The molecule has 0 N–H and O–H groups in total. The number of pyridine rings is 1. The highest BCUT2D eigenvalue weighted by Crippen LogP contribution is 2.41. The van der Waals surface area contributed by atoms with Crippen molar-refractivity contribution in [2.75, 3.05) is 25.4 Å². The van der Waals surface area contributed by atoms with Gasteiger partial charge in [0, 0.05) is 56.2 Å². The van der Waals surface area contributed by atoms with Crippen LogP contribution in [0.5, 0.6) is 5.75 Å². The lowest BCUT2D eigenvalue weighted by molar-refractivity contribution is -0.0147. The van der Waals surface area contributed by atoms with E-state index in [4.69, 9.17) is 16.3 Å². The van der Waals surface area contributed by atoms with Crippen LogP contribution in [-0.4, -0.2) is 91.0 Å². The normalized spacial score (nSPS) is 28.1. The van der Waals surface area contributed by atoms with Crippen LogP contribution in [0, 0.1) is 6.92 Å². The first-order chi connectivity index (χ1) is 19.6. The first-order valence-corrected chi connectivity index (χ1v) is 18.1. The quantitative estimate of drug-likeness (QED) is 0.394. The lowest BCUT2D eigenvalue weighted by Gasteiger charge is -2.50. The number of hydrogen-bond donors (Lipinski definition) is 0. The molecule has 3 atom stereocenters. The van der Waals surface area contributed by atoms with Gasteiger partial charge in [-0.15, -0.1) is 0 Å². The van der Waals surface area contributed by atoms with Crippen molar-refractivity contribution in [3.8, 4) is 5.75 Å². The van der Waals surface area contributed by atoms with Crippen molar-refractivity contribution in [3.63, 3.8) is 0 Å². The third-order valence-corrected chi connectivity index (χ3v) is 13.8. The van der Waals surface area contributed by atoms with E-state index in [0.29, 0.717) is 50.1 Å². The second-order valence-corrected chi connectivity index (χ2v) is 16.3. The first kappa shape index (κ1) is 29.3. The van der Waals surface area contributed by atoms with Gasteiger partial charge >= 0.3 is 0 Å². The smallest absolute Gasteiger partial charge is 0.245 e. The molecule has 1 aromatic carbocycles. The minimum absolute atomic E-state index is 0.0456. The van der Waals surface area contributed by atoms with Crippen LogP contribution in [0.25, 0.3) is 0 Å². The number of sulfonamides is 2. The van der Waals surface area contributed by atoms with E-state index in [9.17, 15) is 16.8 Å². The predicted molar refractivity (Wildman–Crippen MR) is 158 cm³/mol. The molecular weight excluding hydrogens is 584 g/mol. The standard InChI is InChI=1S/C29H39ClN4O5S2/c1-21-5-2-8-28(30)29(21)41(37,38)33-15-3-6-22(33)7-4-16-40(35,36)32-19-25(20-32)34-23-9-10-24(34)18-27(17-23)39-26-11-13-31-14-12-26/h2,5,8,11-14,22-25,27H,3-4,6-7,9-10,15-20H2,1H3/t22-,23?,24?,27?/m0/s1. The Morgan fingerprint density at radius 3 is 2.37 bits per heavy atom. The van der Waals surface area contributed by atoms with E-state index in [1.165, 1.54) is 4.31 Å². The summed E-state index contributed by atoms with van der Waals surface area (Å²) in [6.45, 7) is 3.27. The minimum Gasteiger partial charge on any atom is -0.490 e. The number of fused-ring (bicyclic) bond motifs is 2. The van der Waals surface area contributed by atoms with E-state index in [0.717, 1.165) is 44.3 Å². The van der Waals surface area contributed by atoms with Gasteiger partial charge in [-0.05, 0) is 82.1 Å². The maximum atomic E-state index is 13.5. The Bertz CT molecular complexity index is 1420. The fourth-order valence-electron chi connectivity index (χ4n) is 7.40. The van der Waals surface area contributed by atoms with Gasteiger partial charge in [-0.3, -0.25) is 9.88 Å². The fraction of sp³-hybridized carbons (Fsp3) is 0.621. The van der Waals surface area contributed by atoms with E-state index >= 15 is 0 Å². The molecule has 4 fully saturated rings. The van der Waals surface area contributed by atoms with Gasteiger partial charge < -0.3 is 4.74 Å². The Morgan fingerprint density at radius 2 is 1.68 bits per heavy atom. The van der Waals surface area contributed by atoms with Gasteiger partial charge in [-0.25, -0.2) is 16.8 Å². The maximum absolute atomic E-state index is 13.5.